The Labute approximate surface area is 134 Å². The number of fused-ring (bicyclic) bond motifs is 1. The number of carbonyl (C=O) groups is 1. The molecule has 1 aromatic rings. The van der Waals surface area contributed by atoms with Crippen LogP contribution >= 0.6 is 15.9 Å². The van der Waals surface area contributed by atoms with Crippen LogP contribution in [0, 0.1) is 11.8 Å². The number of hydrogen-bond donors (Lipinski definition) is 1. The highest BCUT2D eigenvalue weighted by Gasteiger charge is 2.50. The van der Waals surface area contributed by atoms with E-state index in [-0.39, 0.29) is 5.41 Å². The molecule has 0 bridgehead atoms. The van der Waals surface area contributed by atoms with Crippen molar-refractivity contribution in [3.63, 3.8) is 0 Å². The van der Waals surface area contributed by atoms with E-state index in [1.54, 1.807) is 0 Å². The Bertz CT molecular complexity index is 540. The van der Waals surface area contributed by atoms with E-state index in [0.29, 0.717) is 17.7 Å². The molecule has 2 heterocycles. The van der Waals surface area contributed by atoms with E-state index < -0.39 is 0 Å². The topological polar surface area (TPSA) is 32.3 Å². The van der Waals surface area contributed by atoms with Crippen LogP contribution in [0.4, 0.5) is 0 Å². The third kappa shape index (κ3) is 2.15. The molecule has 1 aromatic carbocycles. The summed E-state index contributed by atoms with van der Waals surface area (Å²) in [5.74, 6) is 1.73. The van der Waals surface area contributed by atoms with Crippen molar-refractivity contribution in [1.29, 1.82) is 0 Å². The van der Waals surface area contributed by atoms with Gasteiger partial charge < -0.3 is 10.2 Å². The predicted octanol–water partition coefficient (Wildman–Crippen LogP) is 2.55. The van der Waals surface area contributed by atoms with Crippen LogP contribution in [0.1, 0.15) is 24.8 Å². The summed E-state index contributed by atoms with van der Waals surface area (Å²) in [5.41, 5.74) is 0.976. The minimum atomic E-state index is -0.229. The Balaban J connectivity index is 1.58. The molecule has 2 saturated heterocycles. The lowest BCUT2D eigenvalue weighted by molar-refractivity contribution is -0.140. The van der Waals surface area contributed by atoms with Crippen molar-refractivity contribution in [2.75, 3.05) is 26.2 Å². The van der Waals surface area contributed by atoms with Crippen LogP contribution < -0.4 is 5.32 Å². The summed E-state index contributed by atoms with van der Waals surface area (Å²) in [6.07, 6.45) is 3.19. The normalized spacial score (nSPS) is 30.0. The fourth-order valence-corrected chi connectivity index (χ4v) is 4.51. The Morgan fingerprint density at radius 2 is 1.76 bits per heavy atom. The highest BCUT2D eigenvalue weighted by atomic mass is 79.9. The van der Waals surface area contributed by atoms with E-state index in [2.05, 4.69) is 50.4 Å². The van der Waals surface area contributed by atoms with E-state index in [0.717, 1.165) is 43.5 Å². The zero-order chi connectivity index (χ0) is 14.4. The maximum absolute atomic E-state index is 13.2. The molecule has 1 N–H and O–H groups in total. The van der Waals surface area contributed by atoms with E-state index in [1.807, 2.05) is 0 Å². The second-order valence-electron chi connectivity index (χ2n) is 6.83. The van der Waals surface area contributed by atoms with Gasteiger partial charge in [-0.15, -0.1) is 0 Å². The molecule has 2 aliphatic heterocycles. The second kappa shape index (κ2) is 5.10. The molecule has 0 spiro atoms. The summed E-state index contributed by atoms with van der Waals surface area (Å²) in [5, 5.41) is 3.45. The van der Waals surface area contributed by atoms with Crippen molar-refractivity contribution in [3.8, 4) is 0 Å². The first-order valence-corrected chi connectivity index (χ1v) is 8.74. The number of nitrogens with one attached hydrogen (secondary N) is 1. The van der Waals surface area contributed by atoms with Gasteiger partial charge in [-0.2, -0.15) is 0 Å². The molecule has 0 aromatic heterocycles. The highest BCUT2D eigenvalue weighted by Crippen LogP contribution is 2.46. The van der Waals surface area contributed by atoms with Gasteiger partial charge in [0.25, 0.3) is 0 Å². The number of benzene rings is 1. The van der Waals surface area contributed by atoms with Gasteiger partial charge in [-0.1, -0.05) is 34.5 Å². The molecule has 3 nitrogen and oxygen atoms in total. The quantitative estimate of drug-likeness (QED) is 0.890. The summed E-state index contributed by atoms with van der Waals surface area (Å²) >= 11 is 3.49. The van der Waals surface area contributed by atoms with Crippen LogP contribution in [0.5, 0.6) is 0 Å². The molecule has 2 atom stereocenters. The number of halogens is 1. The van der Waals surface area contributed by atoms with Crippen LogP contribution in [0.25, 0.3) is 0 Å². The lowest BCUT2D eigenvalue weighted by atomic mass is 9.63. The third-order valence-electron chi connectivity index (χ3n) is 5.69. The highest BCUT2D eigenvalue weighted by molar-refractivity contribution is 9.10. The minimum absolute atomic E-state index is 0.229. The number of amides is 1. The molecule has 1 aliphatic carbocycles. The van der Waals surface area contributed by atoms with E-state index in [4.69, 9.17) is 0 Å². The summed E-state index contributed by atoms with van der Waals surface area (Å²) in [6.45, 7) is 4.07. The van der Waals surface area contributed by atoms with Gasteiger partial charge in [0.15, 0.2) is 0 Å². The van der Waals surface area contributed by atoms with Gasteiger partial charge in [0.1, 0.15) is 0 Å². The SMILES string of the molecule is O=C(N1C[C@H]2CNC[C@H]2C1)C1(c2ccc(Br)cc2)CCC1. The molecular weight excluding hydrogens is 328 g/mol. The molecule has 112 valence electrons. The molecule has 4 rings (SSSR count). The molecule has 1 amide bonds. The average molecular weight is 349 g/mol. The number of carbonyl (C=O) groups excluding carboxylic acids is 1. The zero-order valence-corrected chi connectivity index (χ0v) is 13.7. The Hall–Kier alpha value is -0.870. The smallest absolute Gasteiger partial charge is 0.233 e. The molecule has 1 saturated carbocycles. The monoisotopic (exact) mass is 348 g/mol. The van der Waals surface area contributed by atoms with Gasteiger partial charge in [0.05, 0.1) is 5.41 Å². The van der Waals surface area contributed by atoms with Crippen molar-refractivity contribution in [2.24, 2.45) is 11.8 Å². The summed E-state index contributed by atoms with van der Waals surface area (Å²) in [7, 11) is 0. The molecule has 3 fully saturated rings. The first-order chi connectivity index (χ1) is 10.2. The van der Waals surface area contributed by atoms with Crippen molar-refractivity contribution >= 4 is 21.8 Å². The van der Waals surface area contributed by atoms with Crippen LogP contribution in [0.15, 0.2) is 28.7 Å². The Morgan fingerprint density at radius 3 is 2.29 bits per heavy atom. The summed E-state index contributed by atoms with van der Waals surface area (Å²) in [4.78, 5) is 15.3. The first-order valence-electron chi connectivity index (χ1n) is 7.95. The lowest BCUT2D eigenvalue weighted by Gasteiger charge is -2.43. The first kappa shape index (κ1) is 13.8. The average Bonchev–Trinajstić information content (AvgIpc) is 3.00. The molecular formula is C17H21BrN2O. The van der Waals surface area contributed by atoms with Crippen molar-refractivity contribution < 1.29 is 4.79 Å². The van der Waals surface area contributed by atoms with Crippen LogP contribution in [0.2, 0.25) is 0 Å². The molecule has 0 radical (unpaired) electrons. The fraction of sp³-hybridized carbons (Fsp3) is 0.588. The zero-order valence-electron chi connectivity index (χ0n) is 12.1. The maximum Gasteiger partial charge on any atom is 0.233 e. The third-order valence-corrected chi connectivity index (χ3v) is 6.22. The van der Waals surface area contributed by atoms with E-state index in [1.165, 1.54) is 12.0 Å². The van der Waals surface area contributed by atoms with Crippen molar-refractivity contribution in [1.82, 2.24) is 10.2 Å². The van der Waals surface area contributed by atoms with Crippen LogP contribution in [-0.4, -0.2) is 37.0 Å². The van der Waals surface area contributed by atoms with E-state index in [9.17, 15) is 4.79 Å². The van der Waals surface area contributed by atoms with Gasteiger partial charge in [-0.05, 0) is 42.4 Å². The van der Waals surface area contributed by atoms with Crippen molar-refractivity contribution in [3.05, 3.63) is 34.3 Å². The molecule has 4 heteroatoms. The van der Waals surface area contributed by atoms with Crippen LogP contribution in [0.3, 0.4) is 0 Å². The van der Waals surface area contributed by atoms with Gasteiger partial charge in [-0.25, -0.2) is 0 Å². The Kier molecular flexibility index (Phi) is 3.34. The summed E-state index contributed by atoms with van der Waals surface area (Å²) in [6, 6.07) is 8.37. The molecule has 0 unspecified atom stereocenters. The van der Waals surface area contributed by atoms with E-state index >= 15 is 0 Å². The fourth-order valence-electron chi connectivity index (χ4n) is 4.25. The second-order valence-corrected chi connectivity index (χ2v) is 7.75. The van der Waals surface area contributed by atoms with Crippen molar-refractivity contribution in [2.45, 2.75) is 24.7 Å². The van der Waals surface area contributed by atoms with Gasteiger partial charge in [-0.3, -0.25) is 4.79 Å². The number of likely N-dealkylation sites (tertiary alicyclic amines) is 1. The standard InChI is InChI=1S/C17H21BrN2O/c18-15-4-2-14(3-5-15)17(6-1-7-17)16(21)20-10-12-8-19-9-13(12)11-20/h2-5,12-13,19H,1,6-11H2/t12-,13+. The lowest BCUT2D eigenvalue weighted by Crippen LogP contribution is -2.50. The van der Waals surface area contributed by atoms with Gasteiger partial charge >= 0.3 is 0 Å². The molecule has 21 heavy (non-hydrogen) atoms. The Morgan fingerprint density at radius 1 is 1.14 bits per heavy atom. The number of nitrogens with zero attached hydrogens (tertiary/aromatic N) is 1. The largest absolute Gasteiger partial charge is 0.341 e. The number of rotatable bonds is 2. The minimum Gasteiger partial charge on any atom is -0.341 e. The molecule has 3 aliphatic rings. The number of hydrogen-bond acceptors (Lipinski definition) is 2. The predicted molar refractivity (Wildman–Crippen MR) is 86.1 cm³/mol. The van der Waals surface area contributed by atoms with Gasteiger partial charge in [0, 0.05) is 30.7 Å². The maximum atomic E-state index is 13.2. The summed E-state index contributed by atoms with van der Waals surface area (Å²) < 4.78 is 1.08. The van der Waals surface area contributed by atoms with Crippen LogP contribution in [-0.2, 0) is 10.2 Å². The van der Waals surface area contributed by atoms with Gasteiger partial charge in [0.2, 0.25) is 5.91 Å².